The summed E-state index contributed by atoms with van der Waals surface area (Å²) in [6, 6.07) is 12.2. The Bertz CT molecular complexity index is 659. The van der Waals surface area contributed by atoms with E-state index in [4.69, 9.17) is 39.5 Å². The summed E-state index contributed by atoms with van der Waals surface area (Å²) in [5.74, 6) is 0.127. The Hall–Kier alpha value is -1.42. The summed E-state index contributed by atoms with van der Waals surface area (Å²) in [6.07, 6.45) is 0. The maximum absolute atomic E-state index is 11.9. The lowest BCUT2D eigenvalue weighted by Gasteiger charge is -2.15. The van der Waals surface area contributed by atoms with Gasteiger partial charge < -0.3 is 10.1 Å². The van der Waals surface area contributed by atoms with Crippen LogP contribution in [-0.4, -0.2) is 12.5 Å². The first-order valence-electron chi connectivity index (χ1n) is 6.59. The second-order valence-corrected chi connectivity index (χ2v) is 5.90. The molecule has 0 saturated carbocycles. The molecule has 1 amide bonds. The highest BCUT2D eigenvalue weighted by molar-refractivity contribution is 6.42. The number of hydrogen-bond acceptors (Lipinski definition) is 2. The molecule has 0 aliphatic carbocycles. The summed E-state index contributed by atoms with van der Waals surface area (Å²) >= 11 is 17.7. The zero-order chi connectivity index (χ0) is 16.1. The largest absolute Gasteiger partial charge is 0.482 e. The van der Waals surface area contributed by atoms with Crippen molar-refractivity contribution in [1.29, 1.82) is 0 Å². The van der Waals surface area contributed by atoms with Gasteiger partial charge in [0.1, 0.15) is 10.8 Å². The molecule has 6 heteroatoms. The highest BCUT2D eigenvalue weighted by atomic mass is 35.5. The van der Waals surface area contributed by atoms with Crippen molar-refractivity contribution in [3.63, 3.8) is 0 Å². The highest BCUT2D eigenvalue weighted by Gasteiger charge is 2.12. The average molecular weight is 359 g/mol. The van der Waals surface area contributed by atoms with E-state index < -0.39 is 0 Å². The molecular formula is C16H14Cl3NO2. The second-order valence-electron chi connectivity index (χ2n) is 4.68. The van der Waals surface area contributed by atoms with Crippen molar-refractivity contribution in [2.75, 3.05) is 6.61 Å². The Balaban J connectivity index is 1.90. The molecule has 2 aromatic rings. The zero-order valence-electron chi connectivity index (χ0n) is 11.8. The third-order valence-corrected chi connectivity index (χ3v) is 4.08. The average Bonchev–Trinajstić information content (AvgIpc) is 2.49. The van der Waals surface area contributed by atoms with Crippen molar-refractivity contribution in [2.45, 2.75) is 13.0 Å². The molecule has 0 heterocycles. The van der Waals surface area contributed by atoms with Gasteiger partial charge in [0.05, 0.1) is 11.1 Å². The van der Waals surface area contributed by atoms with E-state index in [0.717, 1.165) is 5.56 Å². The fourth-order valence-corrected chi connectivity index (χ4v) is 2.33. The number of carbonyl (C=O) groups excluding carboxylic acids is 1. The van der Waals surface area contributed by atoms with Crippen molar-refractivity contribution < 1.29 is 9.53 Å². The van der Waals surface area contributed by atoms with Crippen LogP contribution in [0.1, 0.15) is 18.5 Å². The highest BCUT2D eigenvalue weighted by Crippen LogP contribution is 2.31. The Kier molecular flexibility index (Phi) is 5.95. The van der Waals surface area contributed by atoms with Crippen LogP contribution in [0, 0.1) is 0 Å². The molecule has 0 unspecified atom stereocenters. The summed E-state index contributed by atoms with van der Waals surface area (Å²) in [7, 11) is 0. The van der Waals surface area contributed by atoms with E-state index in [9.17, 15) is 4.79 Å². The quantitative estimate of drug-likeness (QED) is 0.825. The number of amides is 1. The first-order chi connectivity index (χ1) is 10.5. The minimum Gasteiger partial charge on any atom is -0.482 e. The zero-order valence-corrected chi connectivity index (χ0v) is 14.0. The van der Waals surface area contributed by atoms with Crippen molar-refractivity contribution in [3.8, 4) is 5.75 Å². The first kappa shape index (κ1) is 16.9. The van der Waals surface area contributed by atoms with Gasteiger partial charge in [0, 0.05) is 5.02 Å². The molecule has 0 saturated heterocycles. The molecular weight excluding hydrogens is 345 g/mol. The van der Waals surface area contributed by atoms with Gasteiger partial charge in [0.15, 0.2) is 6.61 Å². The van der Waals surface area contributed by atoms with Gasteiger partial charge in [-0.25, -0.2) is 0 Å². The minimum absolute atomic E-state index is 0.141. The molecule has 0 aromatic heterocycles. The molecule has 0 aliphatic rings. The fraction of sp³-hybridized carbons (Fsp3) is 0.188. The summed E-state index contributed by atoms with van der Waals surface area (Å²) < 4.78 is 5.39. The van der Waals surface area contributed by atoms with E-state index >= 15 is 0 Å². The Morgan fingerprint density at radius 3 is 2.50 bits per heavy atom. The number of benzene rings is 2. The predicted octanol–water partition coefficient (Wildman–Crippen LogP) is 4.90. The Morgan fingerprint density at radius 1 is 1.14 bits per heavy atom. The van der Waals surface area contributed by atoms with E-state index in [1.807, 2.05) is 19.1 Å². The maximum Gasteiger partial charge on any atom is 0.258 e. The SMILES string of the molecule is C[C@@H](NC(=O)COc1cccc(Cl)c1Cl)c1ccc(Cl)cc1. The van der Waals surface area contributed by atoms with E-state index in [0.29, 0.717) is 20.8 Å². The van der Waals surface area contributed by atoms with Crippen LogP contribution >= 0.6 is 34.8 Å². The first-order valence-corrected chi connectivity index (χ1v) is 7.72. The van der Waals surface area contributed by atoms with Crippen LogP contribution in [0.15, 0.2) is 42.5 Å². The molecule has 0 aliphatic heterocycles. The van der Waals surface area contributed by atoms with Gasteiger partial charge in [-0.3, -0.25) is 4.79 Å². The third-order valence-electron chi connectivity index (χ3n) is 3.02. The molecule has 2 aromatic carbocycles. The number of hydrogen-bond donors (Lipinski definition) is 1. The van der Waals surface area contributed by atoms with Gasteiger partial charge in [-0.2, -0.15) is 0 Å². The van der Waals surface area contributed by atoms with E-state index in [1.54, 1.807) is 30.3 Å². The summed E-state index contributed by atoms with van der Waals surface area (Å²) in [4.78, 5) is 11.9. The minimum atomic E-state index is -0.251. The second kappa shape index (κ2) is 7.73. The third kappa shape index (κ3) is 4.54. The lowest BCUT2D eigenvalue weighted by molar-refractivity contribution is -0.123. The molecule has 1 N–H and O–H groups in total. The summed E-state index contributed by atoms with van der Waals surface area (Å²) in [6.45, 7) is 1.74. The van der Waals surface area contributed by atoms with Crippen LogP contribution in [0.4, 0.5) is 0 Å². The molecule has 2 rings (SSSR count). The molecule has 3 nitrogen and oxygen atoms in total. The van der Waals surface area contributed by atoms with Crippen LogP contribution in [0.25, 0.3) is 0 Å². The maximum atomic E-state index is 11.9. The lowest BCUT2D eigenvalue weighted by Crippen LogP contribution is -2.31. The Morgan fingerprint density at radius 2 is 1.82 bits per heavy atom. The van der Waals surface area contributed by atoms with Gasteiger partial charge in [-0.05, 0) is 36.8 Å². The van der Waals surface area contributed by atoms with Gasteiger partial charge >= 0.3 is 0 Å². The molecule has 0 spiro atoms. The summed E-state index contributed by atoms with van der Waals surface area (Å²) in [5.41, 5.74) is 0.957. The van der Waals surface area contributed by atoms with Crippen molar-refractivity contribution >= 4 is 40.7 Å². The van der Waals surface area contributed by atoms with Gasteiger partial charge in [0.25, 0.3) is 5.91 Å². The fourth-order valence-electron chi connectivity index (χ4n) is 1.86. The van der Waals surface area contributed by atoms with Crippen molar-refractivity contribution in [1.82, 2.24) is 5.32 Å². The van der Waals surface area contributed by atoms with Crippen LogP contribution in [-0.2, 0) is 4.79 Å². The molecule has 116 valence electrons. The number of rotatable bonds is 5. The van der Waals surface area contributed by atoms with Crippen LogP contribution in [0.5, 0.6) is 5.75 Å². The molecule has 0 bridgehead atoms. The van der Waals surface area contributed by atoms with Crippen LogP contribution < -0.4 is 10.1 Å². The van der Waals surface area contributed by atoms with Gasteiger partial charge in [-0.15, -0.1) is 0 Å². The monoisotopic (exact) mass is 357 g/mol. The molecule has 1 atom stereocenters. The summed E-state index contributed by atoms with van der Waals surface area (Å²) in [5, 5.41) is 4.17. The van der Waals surface area contributed by atoms with E-state index in [2.05, 4.69) is 5.32 Å². The number of ether oxygens (including phenoxy) is 1. The Labute approximate surface area is 144 Å². The normalized spacial score (nSPS) is 11.8. The van der Waals surface area contributed by atoms with Crippen LogP contribution in [0.2, 0.25) is 15.1 Å². The number of nitrogens with one attached hydrogen (secondary N) is 1. The standard InChI is InChI=1S/C16H14Cl3NO2/c1-10(11-5-7-12(17)8-6-11)20-15(21)9-22-14-4-2-3-13(18)16(14)19/h2-8,10H,9H2,1H3,(H,20,21)/t10-/m1/s1. The molecule has 0 radical (unpaired) electrons. The smallest absolute Gasteiger partial charge is 0.258 e. The topological polar surface area (TPSA) is 38.3 Å². The predicted molar refractivity (Wildman–Crippen MR) is 90.0 cm³/mol. The van der Waals surface area contributed by atoms with E-state index in [-0.39, 0.29) is 18.6 Å². The van der Waals surface area contributed by atoms with Crippen LogP contribution in [0.3, 0.4) is 0 Å². The van der Waals surface area contributed by atoms with Crippen molar-refractivity contribution in [2.24, 2.45) is 0 Å². The van der Waals surface area contributed by atoms with Gasteiger partial charge in [0.2, 0.25) is 0 Å². The lowest BCUT2D eigenvalue weighted by atomic mass is 10.1. The molecule has 22 heavy (non-hydrogen) atoms. The van der Waals surface area contributed by atoms with E-state index in [1.165, 1.54) is 0 Å². The number of halogens is 3. The van der Waals surface area contributed by atoms with Crippen molar-refractivity contribution in [3.05, 3.63) is 63.1 Å². The van der Waals surface area contributed by atoms with Gasteiger partial charge in [-0.1, -0.05) is 53.0 Å². The molecule has 0 fully saturated rings. The number of carbonyl (C=O) groups is 1.